The van der Waals surface area contributed by atoms with Gasteiger partial charge in [-0.1, -0.05) is 30.3 Å². The Hall–Kier alpha value is -1.39. The number of aliphatic hydroxyl groups is 1. The van der Waals surface area contributed by atoms with Gasteiger partial charge in [0.1, 0.15) is 5.92 Å². The van der Waals surface area contributed by atoms with Crippen LogP contribution in [0.3, 0.4) is 0 Å². The van der Waals surface area contributed by atoms with E-state index in [9.17, 15) is 9.90 Å². The van der Waals surface area contributed by atoms with E-state index in [0.29, 0.717) is 24.6 Å². The van der Waals surface area contributed by atoms with Gasteiger partial charge in [0, 0.05) is 12.1 Å². The van der Waals surface area contributed by atoms with Crippen molar-refractivity contribution in [1.82, 2.24) is 4.90 Å². The fourth-order valence-electron chi connectivity index (χ4n) is 3.64. The van der Waals surface area contributed by atoms with Crippen molar-refractivity contribution in [3.63, 3.8) is 0 Å². The van der Waals surface area contributed by atoms with Crippen molar-refractivity contribution in [2.24, 2.45) is 5.92 Å². The summed E-state index contributed by atoms with van der Waals surface area (Å²) in [5.74, 6) is -0.396. The van der Waals surface area contributed by atoms with E-state index in [0.717, 1.165) is 18.4 Å². The third kappa shape index (κ3) is 2.97. The van der Waals surface area contributed by atoms with E-state index >= 15 is 0 Å². The highest BCUT2D eigenvalue weighted by atomic mass is 16.5. The molecule has 0 unspecified atom stereocenters. The van der Waals surface area contributed by atoms with Crippen LogP contribution < -0.4 is 0 Å². The molecular weight excluding hydrogens is 266 g/mol. The predicted octanol–water partition coefficient (Wildman–Crippen LogP) is 1.79. The van der Waals surface area contributed by atoms with Crippen LogP contribution in [0.5, 0.6) is 0 Å². The normalized spacial score (nSPS) is 29.5. The summed E-state index contributed by atoms with van der Waals surface area (Å²) in [6.45, 7) is 0.282. The molecule has 1 aliphatic carbocycles. The quantitative estimate of drug-likeness (QED) is 0.840. The Kier molecular flexibility index (Phi) is 4.27. The van der Waals surface area contributed by atoms with Gasteiger partial charge < -0.3 is 14.7 Å². The standard InChI is InChI=1S/C17H23NO3/c1-18-14-7-12(8-15(18)9-14)11-21-17(20)16(10-19)13-5-3-2-4-6-13/h2-6,12,14-16,19H,7-11H2,1H3/t14-,15-,16-/m0/s1. The molecule has 2 aliphatic heterocycles. The monoisotopic (exact) mass is 289 g/mol. The highest BCUT2D eigenvalue weighted by molar-refractivity contribution is 5.78. The van der Waals surface area contributed by atoms with Crippen LogP contribution in [-0.4, -0.2) is 48.3 Å². The molecule has 1 aromatic rings. The van der Waals surface area contributed by atoms with Crippen LogP contribution in [0.1, 0.15) is 30.7 Å². The number of aliphatic hydroxyl groups excluding tert-OH is 1. The average molecular weight is 289 g/mol. The molecule has 1 aromatic carbocycles. The Bertz CT molecular complexity index is 478. The van der Waals surface area contributed by atoms with E-state index in [-0.39, 0.29) is 12.6 Å². The molecule has 0 aromatic heterocycles. The number of benzene rings is 1. The molecule has 3 aliphatic rings. The summed E-state index contributed by atoms with van der Waals surface area (Å²) in [7, 11) is 2.18. The second-order valence-electron chi connectivity index (χ2n) is 6.32. The number of fused-ring (bicyclic) bond motifs is 2. The summed E-state index contributed by atoms with van der Waals surface area (Å²) in [5, 5.41) is 9.46. The van der Waals surface area contributed by atoms with Gasteiger partial charge in [0.25, 0.3) is 0 Å². The Balaban J connectivity index is 1.52. The second kappa shape index (κ2) is 6.16. The molecule has 1 N–H and O–H groups in total. The first kappa shape index (κ1) is 14.5. The van der Waals surface area contributed by atoms with Gasteiger partial charge in [-0.25, -0.2) is 0 Å². The maximum atomic E-state index is 12.2. The molecular formula is C17H23NO3. The van der Waals surface area contributed by atoms with Crippen LogP contribution in [-0.2, 0) is 9.53 Å². The molecule has 21 heavy (non-hydrogen) atoms. The molecule has 3 fully saturated rings. The topological polar surface area (TPSA) is 49.8 Å². The van der Waals surface area contributed by atoms with Gasteiger partial charge in [-0.05, 0) is 37.8 Å². The molecule has 0 spiro atoms. The lowest BCUT2D eigenvalue weighted by Gasteiger charge is -2.53. The molecule has 4 rings (SSSR count). The van der Waals surface area contributed by atoms with Crippen molar-refractivity contribution in [2.75, 3.05) is 20.3 Å². The largest absolute Gasteiger partial charge is 0.465 e. The van der Waals surface area contributed by atoms with Crippen LogP contribution in [0.15, 0.2) is 30.3 Å². The van der Waals surface area contributed by atoms with Crippen molar-refractivity contribution >= 4 is 5.97 Å². The number of nitrogens with zero attached hydrogens (tertiary/aromatic N) is 1. The van der Waals surface area contributed by atoms with Crippen molar-refractivity contribution in [3.05, 3.63) is 35.9 Å². The minimum Gasteiger partial charge on any atom is -0.465 e. The SMILES string of the molecule is CN1[C@H]2CC(COC(=O)[C@@H](CO)c3ccccc3)C[C@H]1C2. The predicted molar refractivity (Wildman–Crippen MR) is 79.9 cm³/mol. The third-order valence-corrected chi connectivity index (χ3v) is 5.04. The van der Waals surface area contributed by atoms with Crippen LogP contribution in [0.4, 0.5) is 0 Å². The average Bonchev–Trinajstić information content (AvgIpc) is 2.54. The Labute approximate surface area is 125 Å². The third-order valence-electron chi connectivity index (χ3n) is 5.04. The number of rotatable bonds is 5. The Morgan fingerprint density at radius 3 is 2.52 bits per heavy atom. The van der Waals surface area contributed by atoms with Gasteiger partial charge in [0.2, 0.25) is 0 Å². The van der Waals surface area contributed by atoms with Gasteiger partial charge in [0.05, 0.1) is 13.2 Å². The van der Waals surface area contributed by atoms with Gasteiger partial charge in [-0.15, -0.1) is 0 Å². The number of carbonyl (C=O) groups excluding carboxylic acids is 1. The van der Waals surface area contributed by atoms with E-state index in [1.54, 1.807) is 0 Å². The summed E-state index contributed by atoms with van der Waals surface area (Å²) >= 11 is 0. The van der Waals surface area contributed by atoms with Crippen molar-refractivity contribution < 1.29 is 14.6 Å². The molecule has 1 saturated carbocycles. The lowest BCUT2D eigenvalue weighted by atomic mass is 9.74. The molecule has 2 saturated heterocycles. The summed E-state index contributed by atoms with van der Waals surface area (Å²) in [5.41, 5.74) is 0.816. The number of piperidine rings is 1. The first-order valence-electron chi connectivity index (χ1n) is 7.73. The van der Waals surface area contributed by atoms with Crippen LogP contribution in [0, 0.1) is 5.92 Å². The molecule has 4 heteroatoms. The zero-order valence-corrected chi connectivity index (χ0v) is 12.4. The molecule has 2 heterocycles. The number of ether oxygens (including phenoxy) is 1. The summed E-state index contributed by atoms with van der Waals surface area (Å²) in [6.07, 6.45) is 3.54. The van der Waals surface area contributed by atoms with E-state index in [2.05, 4.69) is 11.9 Å². The number of hydrogen-bond acceptors (Lipinski definition) is 4. The molecule has 2 bridgehead atoms. The molecule has 0 amide bonds. The molecule has 4 nitrogen and oxygen atoms in total. The number of hydrogen-bond donors (Lipinski definition) is 1. The first-order chi connectivity index (χ1) is 10.2. The molecule has 3 atom stereocenters. The van der Waals surface area contributed by atoms with E-state index in [1.807, 2.05) is 30.3 Å². The van der Waals surface area contributed by atoms with Crippen molar-refractivity contribution in [3.8, 4) is 0 Å². The highest BCUT2D eigenvalue weighted by Gasteiger charge is 2.43. The van der Waals surface area contributed by atoms with E-state index < -0.39 is 5.92 Å². The van der Waals surface area contributed by atoms with Crippen LogP contribution in [0.2, 0.25) is 0 Å². The first-order valence-corrected chi connectivity index (χ1v) is 7.73. The maximum Gasteiger partial charge on any atom is 0.315 e. The van der Waals surface area contributed by atoms with Crippen molar-refractivity contribution in [2.45, 2.75) is 37.3 Å². The second-order valence-corrected chi connectivity index (χ2v) is 6.32. The van der Waals surface area contributed by atoms with Crippen molar-refractivity contribution in [1.29, 1.82) is 0 Å². The fraction of sp³-hybridized carbons (Fsp3) is 0.588. The van der Waals surface area contributed by atoms with E-state index in [4.69, 9.17) is 4.74 Å². The smallest absolute Gasteiger partial charge is 0.315 e. The lowest BCUT2D eigenvalue weighted by molar-refractivity contribution is -0.150. The lowest BCUT2D eigenvalue weighted by Crippen LogP contribution is -2.59. The zero-order chi connectivity index (χ0) is 14.8. The summed E-state index contributed by atoms with van der Waals surface area (Å²) in [4.78, 5) is 14.6. The van der Waals surface area contributed by atoms with Crippen LogP contribution in [0.25, 0.3) is 0 Å². The fourth-order valence-corrected chi connectivity index (χ4v) is 3.64. The van der Waals surface area contributed by atoms with E-state index in [1.165, 1.54) is 6.42 Å². The van der Waals surface area contributed by atoms with Gasteiger partial charge in [0.15, 0.2) is 0 Å². The van der Waals surface area contributed by atoms with Gasteiger partial charge in [-0.3, -0.25) is 4.79 Å². The molecule has 0 radical (unpaired) electrons. The zero-order valence-electron chi connectivity index (χ0n) is 12.4. The number of esters is 1. The summed E-state index contributed by atoms with van der Waals surface area (Å²) < 4.78 is 5.48. The molecule has 114 valence electrons. The van der Waals surface area contributed by atoms with Crippen LogP contribution >= 0.6 is 0 Å². The van der Waals surface area contributed by atoms with Gasteiger partial charge in [-0.2, -0.15) is 0 Å². The minimum atomic E-state index is -0.563. The summed E-state index contributed by atoms with van der Waals surface area (Å²) in [6, 6.07) is 10.7. The Morgan fingerprint density at radius 1 is 1.29 bits per heavy atom. The Morgan fingerprint density at radius 2 is 1.95 bits per heavy atom. The van der Waals surface area contributed by atoms with Gasteiger partial charge >= 0.3 is 5.97 Å². The maximum absolute atomic E-state index is 12.2. The highest BCUT2D eigenvalue weighted by Crippen LogP contribution is 2.40. The minimum absolute atomic E-state index is 0.207. The number of carbonyl (C=O) groups is 1.